The van der Waals surface area contributed by atoms with E-state index in [9.17, 15) is 4.79 Å². The van der Waals surface area contributed by atoms with Crippen molar-refractivity contribution in [1.29, 1.82) is 0 Å². The molecule has 1 aromatic rings. The van der Waals surface area contributed by atoms with Crippen molar-refractivity contribution in [3.8, 4) is 0 Å². The van der Waals surface area contributed by atoms with Gasteiger partial charge in [0.05, 0.1) is 6.54 Å². The first-order chi connectivity index (χ1) is 9.60. The third-order valence-electron chi connectivity index (χ3n) is 4.18. The van der Waals surface area contributed by atoms with Gasteiger partial charge < -0.3 is 0 Å². The van der Waals surface area contributed by atoms with E-state index in [4.69, 9.17) is 0 Å². The van der Waals surface area contributed by atoms with Gasteiger partial charge in [-0.1, -0.05) is 30.7 Å². The Kier molecular flexibility index (Phi) is 5.32. The lowest BCUT2D eigenvalue weighted by Gasteiger charge is -2.27. The normalized spacial score (nSPS) is 19.7. The van der Waals surface area contributed by atoms with Crippen molar-refractivity contribution < 1.29 is 4.79 Å². The Morgan fingerprint density at radius 1 is 1.45 bits per heavy atom. The number of hydrogen-bond acceptors (Lipinski definition) is 3. The average Bonchev–Trinajstić information content (AvgIpc) is 2.85. The lowest BCUT2D eigenvalue weighted by Crippen LogP contribution is -2.40. The Labute approximate surface area is 122 Å². The quantitative estimate of drug-likeness (QED) is 0.745. The van der Waals surface area contributed by atoms with Crippen molar-refractivity contribution in [2.45, 2.75) is 32.7 Å². The SMILES string of the molecule is CCN1CCCC1CN(C)CC(=O)c1cccc(C)c1. The average molecular weight is 274 g/mol. The zero-order valence-corrected chi connectivity index (χ0v) is 12.9. The molecule has 20 heavy (non-hydrogen) atoms. The molecule has 1 fully saturated rings. The van der Waals surface area contributed by atoms with E-state index in [-0.39, 0.29) is 5.78 Å². The second-order valence-electron chi connectivity index (χ2n) is 5.91. The van der Waals surface area contributed by atoms with Crippen LogP contribution in [0.1, 0.15) is 35.7 Å². The van der Waals surface area contributed by atoms with Crippen LogP contribution in [0.4, 0.5) is 0 Å². The van der Waals surface area contributed by atoms with E-state index in [2.05, 4.69) is 23.8 Å². The summed E-state index contributed by atoms with van der Waals surface area (Å²) in [6.07, 6.45) is 2.55. The highest BCUT2D eigenvalue weighted by atomic mass is 16.1. The molecule has 0 radical (unpaired) electrons. The van der Waals surface area contributed by atoms with Crippen molar-refractivity contribution in [3.05, 3.63) is 35.4 Å². The van der Waals surface area contributed by atoms with Gasteiger partial charge in [0, 0.05) is 18.2 Å². The van der Waals surface area contributed by atoms with Gasteiger partial charge in [-0.2, -0.15) is 0 Å². The maximum absolute atomic E-state index is 12.3. The molecule has 1 unspecified atom stereocenters. The molecule has 110 valence electrons. The van der Waals surface area contributed by atoms with Gasteiger partial charge in [-0.15, -0.1) is 0 Å². The van der Waals surface area contributed by atoms with Crippen LogP contribution in [0, 0.1) is 6.92 Å². The summed E-state index contributed by atoms with van der Waals surface area (Å²) in [5.74, 6) is 0.220. The first kappa shape index (κ1) is 15.2. The molecule has 0 aliphatic carbocycles. The monoisotopic (exact) mass is 274 g/mol. The molecule has 1 aliphatic heterocycles. The second-order valence-corrected chi connectivity index (χ2v) is 5.91. The number of hydrogen-bond donors (Lipinski definition) is 0. The van der Waals surface area contributed by atoms with Gasteiger partial charge in [-0.25, -0.2) is 0 Å². The number of aryl methyl sites for hydroxylation is 1. The van der Waals surface area contributed by atoms with E-state index in [1.807, 2.05) is 31.2 Å². The molecule has 1 aromatic carbocycles. The van der Waals surface area contributed by atoms with E-state index in [0.717, 1.165) is 24.2 Å². The van der Waals surface area contributed by atoms with Gasteiger partial charge in [0.1, 0.15) is 0 Å². The van der Waals surface area contributed by atoms with Crippen LogP contribution in [-0.2, 0) is 0 Å². The molecule has 1 heterocycles. The summed E-state index contributed by atoms with van der Waals surface area (Å²) in [5, 5.41) is 0. The molecular weight excluding hydrogens is 248 g/mol. The third kappa shape index (κ3) is 3.90. The van der Waals surface area contributed by atoms with Crippen LogP contribution in [0.5, 0.6) is 0 Å². The fourth-order valence-corrected chi connectivity index (χ4v) is 3.10. The molecule has 0 amide bonds. The van der Waals surface area contributed by atoms with Crippen LogP contribution < -0.4 is 0 Å². The highest BCUT2D eigenvalue weighted by Gasteiger charge is 2.24. The molecule has 0 aromatic heterocycles. The van der Waals surface area contributed by atoms with E-state index in [0.29, 0.717) is 12.6 Å². The Morgan fingerprint density at radius 2 is 2.25 bits per heavy atom. The minimum atomic E-state index is 0.220. The lowest BCUT2D eigenvalue weighted by molar-refractivity contribution is 0.0929. The Bertz CT molecular complexity index is 458. The zero-order valence-electron chi connectivity index (χ0n) is 12.9. The first-order valence-corrected chi connectivity index (χ1v) is 7.62. The molecule has 1 saturated heterocycles. The van der Waals surface area contributed by atoms with Crippen LogP contribution in [0.3, 0.4) is 0 Å². The van der Waals surface area contributed by atoms with Gasteiger partial charge in [0.25, 0.3) is 0 Å². The van der Waals surface area contributed by atoms with Crippen LogP contribution in [0.25, 0.3) is 0 Å². The number of Topliss-reactive ketones (excluding diaryl/α,β-unsaturated/α-hetero) is 1. The molecule has 0 saturated carbocycles. The molecule has 0 spiro atoms. The molecule has 0 N–H and O–H groups in total. The summed E-state index contributed by atoms with van der Waals surface area (Å²) >= 11 is 0. The number of likely N-dealkylation sites (N-methyl/N-ethyl adjacent to an activating group) is 2. The topological polar surface area (TPSA) is 23.6 Å². The molecular formula is C17H26N2O. The molecule has 3 nitrogen and oxygen atoms in total. The van der Waals surface area contributed by atoms with Crippen molar-refractivity contribution in [3.63, 3.8) is 0 Å². The number of nitrogens with zero attached hydrogens (tertiary/aromatic N) is 2. The van der Waals surface area contributed by atoms with E-state index >= 15 is 0 Å². The fourth-order valence-electron chi connectivity index (χ4n) is 3.10. The predicted octanol–water partition coefficient (Wildman–Crippen LogP) is 2.59. The number of rotatable bonds is 6. The van der Waals surface area contributed by atoms with E-state index < -0.39 is 0 Å². The summed E-state index contributed by atoms with van der Waals surface area (Å²) in [7, 11) is 2.06. The van der Waals surface area contributed by atoms with Crippen molar-refractivity contribution in [1.82, 2.24) is 9.80 Å². The van der Waals surface area contributed by atoms with Gasteiger partial charge >= 0.3 is 0 Å². The molecule has 3 heteroatoms. The maximum Gasteiger partial charge on any atom is 0.176 e. The highest BCUT2D eigenvalue weighted by Crippen LogP contribution is 2.17. The molecule has 2 rings (SSSR count). The molecule has 1 aliphatic rings. The molecule has 0 bridgehead atoms. The fraction of sp³-hybridized carbons (Fsp3) is 0.588. The van der Waals surface area contributed by atoms with Crippen LogP contribution in [0.2, 0.25) is 0 Å². The second kappa shape index (κ2) is 7.00. The van der Waals surface area contributed by atoms with Crippen LogP contribution in [-0.4, -0.2) is 54.9 Å². The Balaban J connectivity index is 1.88. The smallest absolute Gasteiger partial charge is 0.176 e. The van der Waals surface area contributed by atoms with Crippen LogP contribution >= 0.6 is 0 Å². The van der Waals surface area contributed by atoms with Gasteiger partial charge in [0.2, 0.25) is 0 Å². The van der Waals surface area contributed by atoms with E-state index in [1.54, 1.807) is 0 Å². The minimum Gasteiger partial charge on any atom is -0.299 e. The van der Waals surface area contributed by atoms with Crippen LogP contribution in [0.15, 0.2) is 24.3 Å². The van der Waals surface area contributed by atoms with E-state index in [1.165, 1.54) is 19.4 Å². The van der Waals surface area contributed by atoms with Crippen molar-refractivity contribution in [2.24, 2.45) is 0 Å². The largest absolute Gasteiger partial charge is 0.299 e. The Hall–Kier alpha value is -1.19. The number of likely N-dealkylation sites (tertiary alicyclic amines) is 1. The van der Waals surface area contributed by atoms with Gasteiger partial charge in [-0.05, 0) is 46.0 Å². The van der Waals surface area contributed by atoms with Gasteiger partial charge in [-0.3, -0.25) is 14.6 Å². The summed E-state index contributed by atoms with van der Waals surface area (Å²) in [5.41, 5.74) is 1.97. The minimum absolute atomic E-state index is 0.220. The summed E-state index contributed by atoms with van der Waals surface area (Å²) < 4.78 is 0. The zero-order chi connectivity index (χ0) is 14.5. The first-order valence-electron chi connectivity index (χ1n) is 7.62. The maximum atomic E-state index is 12.3. The van der Waals surface area contributed by atoms with Gasteiger partial charge in [0.15, 0.2) is 5.78 Å². The number of ketones is 1. The predicted molar refractivity (Wildman–Crippen MR) is 83.3 cm³/mol. The Morgan fingerprint density at radius 3 is 2.95 bits per heavy atom. The summed E-state index contributed by atoms with van der Waals surface area (Å²) in [4.78, 5) is 17.0. The number of carbonyl (C=O) groups is 1. The highest BCUT2D eigenvalue weighted by molar-refractivity contribution is 5.97. The lowest BCUT2D eigenvalue weighted by atomic mass is 10.1. The number of carbonyl (C=O) groups excluding carboxylic acids is 1. The summed E-state index contributed by atoms with van der Waals surface area (Å²) in [6, 6.07) is 8.49. The third-order valence-corrected chi connectivity index (χ3v) is 4.18. The standard InChI is InChI=1S/C17H26N2O/c1-4-19-10-6-9-16(19)12-18(3)13-17(20)15-8-5-7-14(2)11-15/h5,7-8,11,16H,4,6,9-10,12-13H2,1-3H3. The van der Waals surface area contributed by atoms with Crippen molar-refractivity contribution in [2.75, 3.05) is 33.2 Å². The van der Waals surface area contributed by atoms with Crippen molar-refractivity contribution >= 4 is 5.78 Å². The number of benzene rings is 1. The molecule has 1 atom stereocenters. The summed E-state index contributed by atoms with van der Waals surface area (Å²) in [6.45, 7) is 8.07.